The number of aromatic nitrogens is 3. The minimum absolute atomic E-state index is 0.0321. The van der Waals surface area contributed by atoms with Crippen molar-refractivity contribution in [1.82, 2.24) is 24.8 Å². The summed E-state index contributed by atoms with van der Waals surface area (Å²) in [6.45, 7) is 7.11. The van der Waals surface area contributed by atoms with E-state index in [2.05, 4.69) is 10.3 Å². The smallest absolute Gasteiger partial charge is 0.276 e. The standard InChI is InChI=1S/C21H29N5O3/c1-3-24(4-2)20(27)15-26-14-19(22-23-26)21(28)25-12-10-18(11-13-25)29-16-17-8-6-5-7-9-17/h5-9,14,18H,3-4,10-13,15-16H2,1-2H3. The number of hydrogen-bond acceptors (Lipinski definition) is 5. The Bertz CT molecular complexity index is 796. The summed E-state index contributed by atoms with van der Waals surface area (Å²) in [7, 11) is 0. The number of nitrogens with zero attached hydrogens (tertiary/aromatic N) is 5. The Hall–Kier alpha value is -2.74. The number of benzene rings is 1. The van der Waals surface area contributed by atoms with Crippen molar-refractivity contribution in [3.05, 3.63) is 47.8 Å². The average molecular weight is 399 g/mol. The van der Waals surface area contributed by atoms with Crippen LogP contribution >= 0.6 is 0 Å². The van der Waals surface area contributed by atoms with Gasteiger partial charge in [0.2, 0.25) is 5.91 Å². The molecule has 29 heavy (non-hydrogen) atoms. The summed E-state index contributed by atoms with van der Waals surface area (Å²) in [4.78, 5) is 28.4. The molecule has 0 saturated carbocycles. The van der Waals surface area contributed by atoms with Crippen molar-refractivity contribution in [3.63, 3.8) is 0 Å². The van der Waals surface area contributed by atoms with Crippen LogP contribution in [-0.4, -0.2) is 68.9 Å². The van der Waals surface area contributed by atoms with E-state index < -0.39 is 0 Å². The van der Waals surface area contributed by atoms with Gasteiger partial charge in [-0.25, -0.2) is 4.68 Å². The highest BCUT2D eigenvalue weighted by molar-refractivity contribution is 5.92. The number of carbonyl (C=O) groups is 2. The lowest BCUT2D eigenvalue weighted by Crippen LogP contribution is -2.41. The highest BCUT2D eigenvalue weighted by Gasteiger charge is 2.26. The summed E-state index contributed by atoms with van der Waals surface area (Å²) in [5.74, 6) is -0.177. The predicted molar refractivity (Wildman–Crippen MR) is 108 cm³/mol. The van der Waals surface area contributed by atoms with E-state index in [-0.39, 0.29) is 30.2 Å². The highest BCUT2D eigenvalue weighted by Crippen LogP contribution is 2.17. The Morgan fingerprint density at radius 3 is 2.48 bits per heavy atom. The largest absolute Gasteiger partial charge is 0.373 e. The number of amides is 2. The van der Waals surface area contributed by atoms with Crippen LogP contribution in [0, 0.1) is 0 Å². The second-order valence-corrected chi connectivity index (χ2v) is 7.16. The predicted octanol–water partition coefficient (Wildman–Crippen LogP) is 1.97. The molecule has 3 rings (SSSR count). The number of hydrogen-bond donors (Lipinski definition) is 0. The second-order valence-electron chi connectivity index (χ2n) is 7.16. The van der Waals surface area contributed by atoms with Crippen LogP contribution in [0.3, 0.4) is 0 Å². The molecule has 1 saturated heterocycles. The van der Waals surface area contributed by atoms with Gasteiger partial charge in [0.05, 0.1) is 18.9 Å². The van der Waals surface area contributed by atoms with Crippen LogP contribution in [-0.2, 0) is 22.7 Å². The van der Waals surface area contributed by atoms with E-state index in [4.69, 9.17) is 4.74 Å². The SMILES string of the molecule is CCN(CC)C(=O)Cn1cc(C(=O)N2CCC(OCc3ccccc3)CC2)nn1. The third-order valence-corrected chi connectivity index (χ3v) is 5.23. The Morgan fingerprint density at radius 2 is 1.83 bits per heavy atom. The zero-order chi connectivity index (χ0) is 20.6. The molecule has 0 N–H and O–H groups in total. The summed E-state index contributed by atoms with van der Waals surface area (Å²) in [5, 5.41) is 7.92. The van der Waals surface area contributed by atoms with Gasteiger partial charge >= 0.3 is 0 Å². The first-order valence-electron chi connectivity index (χ1n) is 10.2. The number of rotatable bonds is 8. The van der Waals surface area contributed by atoms with Crippen molar-refractivity contribution >= 4 is 11.8 Å². The third kappa shape index (κ3) is 5.63. The lowest BCUT2D eigenvalue weighted by molar-refractivity contribution is -0.131. The fourth-order valence-corrected chi connectivity index (χ4v) is 3.46. The molecule has 8 heteroatoms. The minimum atomic E-state index is -0.145. The average Bonchev–Trinajstić information content (AvgIpc) is 3.22. The summed E-state index contributed by atoms with van der Waals surface area (Å²) in [5.41, 5.74) is 1.43. The zero-order valence-electron chi connectivity index (χ0n) is 17.2. The van der Waals surface area contributed by atoms with Crippen molar-refractivity contribution in [2.45, 2.75) is 45.9 Å². The van der Waals surface area contributed by atoms with Gasteiger partial charge in [0.25, 0.3) is 5.91 Å². The zero-order valence-corrected chi connectivity index (χ0v) is 17.2. The molecular formula is C21H29N5O3. The monoisotopic (exact) mass is 399 g/mol. The molecule has 1 aromatic heterocycles. The first-order valence-corrected chi connectivity index (χ1v) is 10.2. The van der Waals surface area contributed by atoms with Crippen molar-refractivity contribution in [2.75, 3.05) is 26.2 Å². The van der Waals surface area contributed by atoms with Gasteiger partial charge in [-0.05, 0) is 32.3 Å². The first-order chi connectivity index (χ1) is 14.1. The normalized spacial score (nSPS) is 14.8. The molecule has 1 aliphatic rings. The molecule has 0 radical (unpaired) electrons. The second kappa shape index (κ2) is 10.2. The fraction of sp³-hybridized carbons (Fsp3) is 0.524. The van der Waals surface area contributed by atoms with Crippen LogP contribution in [0.4, 0.5) is 0 Å². The first kappa shape index (κ1) is 21.0. The molecule has 8 nitrogen and oxygen atoms in total. The van der Waals surface area contributed by atoms with E-state index in [0.717, 1.165) is 18.4 Å². The van der Waals surface area contributed by atoms with Gasteiger partial charge in [-0.3, -0.25) is 9.59 Å². The van der Waals surface area contributed by atoms with Gasteiger partial charge in [-0.1, -0.05) is 35.5 Å². The molecule has 2 aromatic rings. The summed E-state index contributed by atoms with van der Waals surface area (Å²) in [6, 6.07) is 10.1. The minimum Gasteiger partial charge on any atom is -0.373 e. The van der Waals surface area contributed by atoms with Gasteiger partial charge in [0.15, 0.2) is 5.69 Å². The number of carbonyl (C=O) groups excluding carboxylic acids is 2. The number of likely N-dealkylation sites (tertiary alicyclic amines) is 1. The molecule has 1 aromatic carbocycles. The van der Waals surface area contributed by atoms with Gasteiger partial charge in [0.1, 0.15) is 6.54 Å². The summed E-state index contributed by atoms with van der Waals surface area (Å²) >= 11 is 0. The molecular weight excluding hydrogens is 370 g/mol. The van der Waals surface area contributed by atoms with Crippen LogP contribution in [0.5, 0.6) is 0 Å². The van der Waals surface area contributed by atoms with Crippen LogP contribution < -0.4 is 0 Å². The molecule has 0 bridgehead atoms. The highest BCUT2D eigenvalue weighted by atomic mass is 16.5. The van der Waals surface area contributed by atoms with Crippen molar-refractivity contribution < 1.29 is 14.3 Å². The van der Waals surface area contributed by atoms with Gasteiger partial charge in [0, 0.05) is 26.2 Å². The topological polar surface area (TPSA) is 80.6 Å². The van der Waals surface area contributed by atoms with Gasteiger partial charge < -0.3 is 14.5 Å². The Kier molecular flexibility index (Phi) is 7.35. The van der Waals surface area contributed by atoms with Crippen molar-refractivity contribution in [2.24, 2.45) is 0 Å². The third-order valence-electron chi connectivity index (χ3n) is 5.23. The fourth-order valence-electron chi connectivity index (χ4n) is 3.46. The van der Waals surface area contributed by atoms with E-state index >= 15 is 0 Å². The van der Waals surface area contributed by atoms with E-state index in [9.17, 15) is 9.59 Å². The Morgan fingerprint density at radius 1 is 1.14 bits per heavy atom. The lowest BCUT2D eigenvalue weighted by atomic mass is 10.1. The van der Waals surface area contributed by atoms with Crippen LogP contribution in [0.1, 0.15) is 42.7 Å². The number of likely N-dealkylation sites (N-methyl/N-ethyl adjacent to an activating group) is 1. The van der Waals surface area contributed by atoms with Gasteiger partial charge in [-0.2, -0.15) is 0 Å². The van der Waals surface area contributed by atoms with E-state index in [1.54, 1.807) is 16.0 Å². The molecule has 2 heterocycles. The summed E-state index contributed by atoms with van der Waals surface area (Å²) in [6.07, 6.45) is 3.31. The molecule has 0 atom stereocenters. The Balaban J connectivity index is 1.47. The van der Waals surface area contributed by atoms with Gasteiger partial charge in [-0.15, -0.1) is 5.10 Å². The van der Waals surface area contributed by atoms with Crippen LogP contribution in [0.2, 0.25) is 0 Å². The lowest BCUT2D eigenvalue weighted by Gasteiger charge is -2.31. The molecule has 156 valence electrons. The Labute approximate surface area is 171 Å². The molecule has 1 fully saturated rings. The van der Waals surface area contributed by atoms with E-state index in [1.807, 2.05) is 44.2 Å². The molecule has 2 amide bonds. The maximum Gasteiger partial charge on any atom is 0.276 e. The van der Waals surface area contributed by atoms with Crippen LogP contribution in [0.15, 0.2) is 36.5 Å². The molecule has 0 spiro atoms. The molecule has 1 aliphatic heterocycles. The maximum absolute atomic E-state index is 12.7. The van der Waals surface area contributed by atoms with E-state index in [1.165, 1.54) is 4.68 Å². The number of piperidine rings is 1. The quantitative estimate of drug-likeness (QED) is 0.678. The van der Waals surface area contributed by atoms with Crippen molar-refractivity contribution in [1.29, 1.82) is 0 Å². The molecule has 0 unspecified atom stereocenters. The van der Waals surface area contributed by atoms with Crippen molar-refractivity contribution in [3.8, 4) is 0 Å². The number of ether oxygens (including phenoxy) is 1. The van der Waals surface area contributed by atoms with E-state index in [0.29, 0.717) is 32.8 Å². The van der Waals surface area contributed by atoms with Crippen LogP contribution in [0.25, 0.3) is 0 Å². The summed E-state index contributed by atoms with van der Waals surface area (Å²) < 4.78 is 7.42. The maximum atomic E-state index is 12.7. The molecule has 0 aliphatic carbocycles.